The van der Waals surface area contributed by atoms with Gasteiger partial charge in [0.15, 0.2) is 5.69 Å². The van der Waals surface area contributed by atoms with Gasteiger partial charge in [0.2, 0.25) is 11.7 Å². The second-order valence-corrected chi connectivity index (χ2v) is 4.23. The molecule has 0 saturated carbocycles. The van der Waals surface area contributed by atoms with Gasteiger partial charge >= 0.3 is 0 Å². The largest absolute Gasteiger partial charge is 0.361 e. The highest BCUT2D eigenvalue weighted by molar-refractivity contribution is 5.92. The summed E-state index contributed by atoms with van der Waals surface area (Å²) in [6, 6.07) is 6.79. The van der Waals surface area contributed by atoms with Crippen LogP contribution >= 0.6 is 0 Å². The lowest BCUT2D eigenvalue weighted by Gasteiger charge is -2.00. The van der Waals surface area contributed by atoms with E-state index in [9.17, 15) is 4.79 Å². The molecule has 0 unspecified atom stereocenters. The van der Waals surface area contributed by atoms with Gasteiger partial charge in [-0.2, -0.15) is 4.98 Å². The van der Waals surface area contributed by atoms with Gasteiger partial charge in [0.05, 0.1) is 6.54 Å². The summed E-state index contributed by atoms with van der Waals surface area (Å²) in [6.07, 6.45) is 1.55. The molecule has 0 aromatic carbocycles. The van der Waals surface area contributed by atoms with Crippen molar-refractivity contribution in [2.24, 2.45) is 0 Å². The Kier molecular flexibility index (Phi) is 3.42. The van der Waals surface area contributed by atoms with Crippen LogP contribution in [0.15, 0.2) is 39.5 Å². The summed E-state index contributed by atoms with van der Waals surface area (Å²) >= 11 is 0. The maximum Gasteiger partial charge on any atom is 0.270 e. The van der Waals surface area contributed by atoms with Gasteiger partial charge in [-0.1, -0.05) is 16.4 Å². The van der Waals surface area contributed by atoms with E-state index in [-0.39, 0.29) is 18.3 Å². The van der Waals surface area contributed by atoms with Gasteiger partial charge in [0, 0.05) is 12.3 Å². The second kappa shape index (κ2) is 5.53. The molecule has 0 bridgehead atoms. The molecule has 0 saturated heterocycles. The lowest BCUT2D eigenvalue weighted by atomic mass is 10.3. The topological polar surface area (TPSA) is 107 Å². The third-order valence-corrected chi connectivity index (χ3v) is 2.62. The standard InChI is InChI=1S/C13H11N5O3/c1-8-6-10(17-20-8)12-16-11(21-18-12)7-15-13(19)9-4-2-3-5-14-9/h2-6H,7H2,1H3,(H,15,19). The predicted molar refractivity (Wildman–Crippen MR) is 69.9 cm³/mol. The zero-order valence-electron chi connectivity index (χ0n) is 11.1. The fourth-order valence-corrected chi connectivity index (χ4v) is 1.65. The van der Waals surface area contributed by atoms with Crippen molar-refractivity contribution in [3.05, 3.63) is 47.8 Å². The van der Waals surface area contributed by atoms with E-state index in [4.69, 9.17) is 9.05 Å². The van der Waals surface area contributed by atoms with Crippen LogP contribution in [0, 0.1) is 6.92 Å². The first-order valence-corrected chi connectivity index (χ1v) is 6.18. The van der Waals surface area contributed by atoms with Crippen LogP contribution in [-0.2, 0) is 6.54 Å². The van der Waals surface area contributed by atoms with E-state index >= 15 is 0 Å². The molecule has 0 aliphatic rings. The number of carbonyl (C=O) groups is 1. The lowest BCUT2D eigenvalue weighted by Crippen LogP contribution is -2.23. The molecule has 21 heavy (non-hydrogen) atoms. The number of aromatic nitrogens is 4. The summed E-state index contributed by atoms with van der Waals surface area (Å²) in [5.41, 5.74) is 0.808. The van der Waals surface area contributed by atoms with Crippen molar-refractivity contribution < 1.29 is 13.8 Å². The van der Waals surface area contributed by atoms with Gasteiger partial charge in [-0.05, 0) is 19.1 Å². The van der Waals surface area contributed by atoms with Crippen LogP contribution in [0.2, 0.25) is 0 Å². The van der Waals surface area contributed by atoms with Crippen molar-refractivity contribution in [1.82, 2.24) is 25.6 Å². The Labute approximate surface area is 119 Å². The lowest BCUT2D eigenvalue weighted by molar-refractivity contribution is 0.0941. The molecule has 106 valence electrons. The van der Waals surface area contributed by atoms with E-state index in [0.29, 0.717) is 23.0 Å². The Morgan fingerprint density at radius 2 is 2.19 bits per heavy atom. The van der Waals surface area contributed by atoms with Crippen LogP contribution in [0.25, 0.3) is 11.5 Å². The van der Waals surface area contributed by atoms with Crippen molar-refractivity contribution in [1.29, 1.82) is 0 Å². The molecular formula is C13H11N5O3. The number of nitrogens with one attached hydrogen (secondary N) is 1. The van der Waals surface area contributed by atoms with E-state index in [1.807, 2.05) is 0 Å². The van der Waals surface area contributed by atoms with Crippen LogP contribution in [0.5, 0.6) is 0 Å². The summed E-state index contributed by atoms with van der Waals surface area (Å²) < 4.78 is 9.97. The van der Waals surface area contributed by atoms with Crippen LogP contribution in [0.4, 0.5) is 0 Å². The van der Waals surface area contributed by atoms with Gasteiger partial charge in [0.1, 0.15) is 11.5 Å². The quantitative estimate of drug-likeness (QED) is 0.771. The minimum absolute atomic E-state index is 0.110. The Morgan fingerprint density at radius 1 is 1.29 bits per heavy atom. The minimum atomic E-state index is -0.312. The summed E-state index contributed by atoms with van der Waals surface area (Å²) in [4.78, 5) is 19.9. The van der Waals surface area contributed by atoms with Crippen molar-refractivity contribution >= 4 is 5.91 Å². The van der Waals surface area contributed by atoms with Crippen LogP contribution in [0.1, 0.15) is 22.1 Å². The molecule has 3 rings (SSSR count). The average Bonchev–Trinajstić information content (AvgIpc) is 3.14. The number of aryl methyl sites for hydroxylation is 1. The smallest absolute Gasteiger partial charge is 0.270 e. The molecule has 0 atom stereocenters. The zero-order valence-corrected chi connectivity index (χ0v) is 11.1. The van der Waals surface area contributed by atoms with E-state index in [2.05, 4.69) is 25.6 Å². The van der Waals surface area contributed by atoms with Crippen molar-refractivity contribution in [3.8, 4) is 11.5 Å². The first-order valence-electron chi connectivity index (χ1n) is 6.18. The molecule has 8 heteroatoms. The summed E-state index contributed by atoms with van der Waals surface area (Å²) in [5, 5.41) is 10.2. The summed E-state index contributed by atoms with van der Waals surface area (Å²) in [5.74, 6) is 0.927. The van der Waals surface area contributed by atoms with Gasteiger partial charge in [-0.15, -0.1) is 0 Å². The molecular weight excluding hydrogens is 274 g/mol. The van der Waals surface area contributed by atoms with Gasteiger partial charge in [-0.25, -0.2) is 0 Å². The molecule has 1 N–H and O–H groups in total. The molecule has 3 aromatic heterocycles. The van der Waals surface area contributed by atoms with Gasteiger partial charge in [-0.3, -0.25) is 9.78 Å². The molecule has 0 aliphatic heterocycles. The number of carbonyl (C=O) groups excluding carboxylic acids is 1. The average molecular weight is 285 g/mol. The predicted octanol–water partition coefficient (Wildman–Crippen LogP) is 1.36. The highest BCUT2D eigenvalue weighted by Crippen LogP contribution is 2.15. The number of hydrogen-bond acceptors (Lipinski definition) is 7. The Hall–Kier alpha value is -3.03. The SMILES string of the molecule is Cc1cc(-c2noc(CNC(=O)c3ccccn3)n2)no1. The summed E-state index contributed by atoms with van der Waals surface area (Å²) in [7, 11) is 0. The maximum atomic E-state index is 11.8. The molecule has 3 heterocycles. The van der Waals surface area contributed by atoms with E-state index < -0.39 is 0 Å². The molecule has 3 aromatic rings. The second-order valence-electron chi connectivity index (χ2n) is 4.23. The zero-order chi connectivity index (χ0) is 14.7. The molecule has 1 amide bonds. The highest BCUT2D eigenvalue weighted by Gasteiger charge is 2.13. The van der Waals surface area contributed by atoms with Crippen LogP contribution in [-0.4, -0.2) is 26.2 Å². The molecule has 0 aliphatic carbocycles. The number of amides is 1. The third-order valence-electron chi connectivity index (χ3n) is 2.62. The Morgan fingerprint density at radius 3 is 2.90 bits per heavy atom. The third kappa shape index (κ3) is 2.94. The molecule has 8 nitrogen and oxygen atoms in total. The highest BCUT2D eigenvalue weighted by atomic mass is 16.5. The number of hydrogen-bond donors (Lipinski definition) is 1. The fraction of sp³-hybridized carbons (Fsp3) is 0.154. The minimum Gasteiger partial charge on any atom is -0.361 e. The van der Waals surface area contributed by atoms with Crippen molar-refractivity contribution in [2.75, 3.05) is 0 Å². The van der Waals surface area contributed by atoms with E-state index in [1.54, 1.807) is 37.4 Å². The molecule has 0 radical (unpaired) electrons. The van der Waals surface area contributed by atoms with Crippen LogP contribution < -0.4 is 5.32 Å². The Balaban J connectivity index is 1.64. The first kappa shape index (κ1) is 13.0. The van der Waals surface area contributed by atoms with Crippen LogP contribution in [0.3, 0.4) is 0 Å². The molecule has 0 spiro atoms. The number of rotatable bonds is 4. The number of nitrogens with zero attached hydrogens (tertiary/aromatic N) is 4. The normalized spacial score (nSPS) is 10.5. The van der Waals surface area contributed by atoms with Gasteiger partial charge in [0.25, 0.3) is 5.91 Å². The van der Waals surface area contributed by atoms with E-state index in [1.165, 1.54) is 0 Å². The van der Waals surface area contributed by atoms with Crippen molar-refractivity contribution in [3.63, 3.8) is 0 Å². The number of pyridine rings is 1. The van der Waals surface area contributed by atoms with Gasteiger partial charge < -0.3 is 14.4 Å². The monoisotopic (exact) mass is 285 g/mol. The fourth-order valence-electron chi connectivity index (χ4n) is 1.65. The maximum absolute atomic E-state index is 11.8. The van der Waals surface area contributed by atoms with Crippen molar-refractivity contribution in [2.45, 2.75) is 13.5 Å². The molecule has 0 fully saturated rings. The first-order chi connectivity index (χ1) is 10.2. The Bertz CT molecular complexity index is 750. The summed E-state index contributed by atoms with van der Waals surface area (Å²) in [6.45, 7) is 1.88. The van der Waals surface area contributed by atoms with E-state index in [0.717, 1.165) is 0 Å².